The number of carbonyl (C=O) groups is 1. The number of Topliss-reactive ketones (excluding diaryl/α,β-unsaturated/α-hetero) is 1. The van der Waals surface area contributed by atoms with E-state index in [0.29, 0.717) is 17.6 Å². The predicted octanol–water partition coefficient (Wildman–Crippen LogP) is 4.06. The molecule has 0 bridgehead atoms. The van der Waals surface area contributed by atoms with Crippen molar-refractivity contribution in [3.05, 3.63) is 0 Å². The third kappa shape index (κ3) is 4.78. The lowest BCUT2D eigenvalue weighted by atomic mass is 9.81. The van der Waals surface area contributed by atoms with Gasteiger partial charge in [0.15, 0.2) is 0 Å². The van der Waals surface area contributed by atoms with Gasteiger partial charge in [-0.3, -0.25) is 4.79 Å². The van der Waals surface area contributed by atoms with Crippen LogP contribution in [-0.2, 0) is 4.79 Å². The van der Waals surface area contributed by atoms with Gasteiger partial charge in [0.1, 0.15) is 5.78 Å². The maximum Gasteiger partial charge on any atom is 0.138 e. The van der Waals surface area contributed by atoms with Gasteiger partial charge in [-0.05, 0) is 11.8 Å². The molecular formula is C13H26O. The largest absolute Gasteiger partial charge is 0.299 e. The number of ketones is 1. The maximum absolute atomic E-state index is 11.8. The van der Waals surface area contributed by atoms with Gasteiger partial charge in [-0.25, -0.2) is 0 Å². The third-order valence-corrected chi connectivity index (χ3v) is 3.06. The summed E-state index contributed by atoms with van der Waals surface area (Å²) >= 11 is 0. The Morgan fingerprint density at radius 1 is 1.14 bits per heavy atom. The monoisotopic (exact) mass is 198 g/mol. The molecule has 0 fully saturated rings. The molecular weight excluding hydrogens is 172 g/mol. The maximum atomic E-state index is 11.8. The van der Waals surface area contributed by atoms with E-state index in [1.165, 1.54) is 12.8 Å². The predicted molar refractivity (Wildman–Crippen MR) is 62.3 cm³/mol. The van der Waals surface area contributed by atoms with E-state index in [2.05, 4.69) is 20.8 Å². The molecule has 0 aliphatic rings. The molecule has 2 atom stereocenters. The van der Waals surface area contributed by atoms with Crippen molar-refractivity contribution in [3.63, 3.8) is 0 Å². The van der Waals surface area contributed by atoms with Crippen molar-refractivity contribution >= 4 is 5.78 Å². The first-order valence-corrected chi connectivity index (χ1v) is 5.82. The van der Waals surface area contributed by atoms with Crippen LogP contribution >= 0.6 is 0 Å². The van der Waals surface area contributed by atoms with Crippen LogP contribution in [0.5, 0.6) is 0 Å². The van der Waals surface area contributed by atoms with Crippen molar-refractivity contribution in [2.24, 2.45) is 17.3 Å². The second-order valence-corrected chi connectivity index (χ2v) is 5.62. The Hall–Kier alpha value is -0.330. The van der Waals surface area contributed by atoms with Crippen LogP contribution in [-0.4, -0.2) is 5.78 Å². The molecule has 1 nitrogen and oxygen atoms in total. The van der Waals surface area contributed by atoms with Gasteiger partial charge in [-0.1, -0.05) is 54.4 Å². The Balaban J connectivity index is 4.06. The highest BCUT2D eigenvalue weighted by molar-refractivity contribution is 5.83. The molecule has 0 aromatic carbocycles. The Labute approximate surface area is 89.3 Å². The lowest BCUT2D eigenvalue weighted by Crippen LogP contribution is -2.24. The van der Waals surface area contributed by atoms with Crippen LogP contribution < -0.4 is 0 Å². The van der Waals surface area contributed by atoms with Crippen molar-refractivity contribution < 1.29 is 4.79 Å². The van der Waals surface area contributed by atoms with Crippen molar-refractivity contribution in [2.45, 2.75) is 60.8 Å². The van der Waals surface area contributed by atoms with Gasteiger partial charge in [-0.15, -0.1) is 0 Å². The fourth-order valence-electron chi connectivity index (χ4n) is 1.54. The zero-order valence-electron chi connectivity index (χ0n) is 10.7. The highest BCUT2D eigenvalue weighted by Gasteiger charge is 2.24. The Morgan fingerprint density at radius 2 is 1.64 bits per heavy atom. The van der Waals surface area contributed by atoms with Crippen molar-refractivity contribution in [1.82, 2.24) is 0 Å². The van der Waals surface area contributed by atoms with Gasteiger partial charge >= 0.3 is 0 Å². The summed E-state index contributed by atoms with van der Waals surface area (Å²) in [6.45, 7) is 12.7. The first kappa shape index (κ1) is 13.7. The van der Waals surface area contributed by atoms with Gasteiger partial charge in [0.05, 0.1) is 0 Å². The summed E-state index contributed by atoms with van der Waals surface area (Å²) in [5.41, 5.74) is -0.166. The van der Waals surface area contributed by atoms with Crippen LogP contribution in [0.3, 0.4) is 0 Å². The van der Waals surface area contributed by atoms with Crippen LogP contribution in [0.4, 0.5) is 0 Å². The van der Waals surface area contributed by atoms with Gasteiger partial charge < -0.3 is 0 Å². The molecule has 84 valence electrons. The van der Waals surface area contributed by atoms with E-state index in [1.807, 2.05) is 20.8 Å². The van der Waals surface area contributed by atoms with Crippen LogP contribution in [0.1, 0.15) is 60.8 Å². The molecule has 0 amide bonds. The first-order valence-electron chi connectivity index (χ1n) is 5.82. The molecule has 2 unspecified atom stereocenters. The smallest absolute Gasteiger partial charge is 0.138 e. The minimum atomic E-state index is -0.166. The number of carbonyl (C=O) groups excluding carboxylic acids is 1. The van der Waals surface area contributed by atoms with E-state index in [0.717, 1.165) is 6.42 Å². The van der Waals surface area contributed by atoms with Crippen LogP contribution in [0, 0.1) is 17.3 Å². The molecule has 0 aliphatic carbocycles. The molecule has 0 spiro atoms. The topological polar surface area (TPSA) is 17.1 Å². The lowest BCUT2D eigenvalue weighted by molar-refractivity contribution is -0.127. The van der Waals surface area contributed by atoms with E-state index in [1.54, 1.807) is 0 Å². The standard InChI is InChI=1S/C13H26O/c1-7-8-10(2)11(3)9-12(14)13(4,5)6/h10-11H,7-9H2,1-6H3. The number of hydrogen-bond acceptors (Lipinski definition) is 1. The summed E-state index contributed by atoms with van der Waals surface area (Å²) in [4.78, 5) is 11.8. The van der Waals surface area contributed by atoms with E-state index in [4.69, 9.17) is 0 Å². The second kappa shape index (κ2) is 5.53. The molecule has 0 heterocycles. The number of hydrogen-bond donors (Lipinski definition) is 0. The molecule has 0 saturated heterocycles. The minimum Gasteiger partial charge on any atom is -0.299 e. The summed E-state index contributed by atoms with van der Waals surface area (Å²) in [6, 6.07) is 0. The van der Waals surface area contributed by atoms with Gasteiger partial charge in [0.2, 0.25) is 0 Å². The molecule has 0 radical (unpaired) electrons. The molecule has 0 rings (SSSR count). The third-order valence-electron chi connectivity index (χ3n) is 3.06. The molecule has 0 aromatic heterocycles. The molecule has 14 heavy (non-hydrogen) atoms. The van der Waals surface area contributed by atoms with E-state index in [-0.39, 0.29) is 5.41 Å². The van der Waals surface area contributed by atoms with Crippen molar-refractivity contribution in [3.8, 4) is 0 Å². The molecule has 0 saturated carbocycles. The summed E-state index contributed by atoms with van der Waals surface area (Å²) in [5.74, 6) is 1.60. The van der Waals surface area contributed by atoms with Crippen LogP contribution in [0.25, 0.3) is 0 Å². The summed E-state index contributed by atoms with van der Waals surface area (Å²) in [7, 11) is 0. The molecule has 0 aliphatic heterocycles. The van der Waals surface area contributed by atoms with Crippen molar-refractivity contribution in [2.75, 3.05) is 0 Å². The van der Waals surface area contributed by atoms with Gasteiger partial charge in [0, 0.05) is 11.8 Å². The average Bonchev–Trinajstić information content (AvgIpc) is 2.02. The molecule has 0 N–H and O–H groups in total. The Morgan fingerprint density at radius 3 is 2.00 bits per heavy atom. The SMILES string of the molecule is CCCC(C)C(C)CC(=O)C(C)(C)C. The fourth-order valence-corrected chi connectivity index (χ4v) is 1.54. The fraction of sp³-hybridized carbons (Fsp3) is 0.923. The summed E-state index contributed by atoms with van der Waals surface area (Å²) in [5, 5.41) is 0. The lowest BCUT2D eigenvalue weighted by Gasteiger charge is -2.23. The van der Waals surface area contributed by atoms with Gasteiger partial charge in [-0.2, -0.15) is 0 Å². The van der Waals surface area contributed by atoms with E-state index < -0.39 is 0 Å². The van der Waals surface area contributed by atoms with E-state index in [9.17, 15) is 4.79 Å². The quantitative estimate of drug-likeness (QED) is 0.651. The van der Waals surface area contributed by atoms with Crippen molar-refractivity contribution in [1.29, 1.82) is 0 Å². The van der Waals surface area contributed by atoms with Gasteiger partial charge in [0.25, 0.3) is 0 Å². The summed E-state index contributed by atoms with van der Waals surface area (Å²) < 4.78 is 0. The van der Waals surface area contributed by atoms with Crippen LogP contribution in [0.15, 0.2) is 0 Å². The first-order chi connectivity index (χ1) is 6.29. The highest BCUT2D eigenvalue weighted by atomic mass is 16.1. The minimum absolute atomic E-state index is 0.166. The zero-order valence-corrected chi connectivity index (χ0v) is 10.7. The number of rotatable bonds is 5. The Bertz CT molecular complexity index is 176. The highest BCUT2D eigenvalue weighted by Crippen LogP contribution is 2.25. The average molecular weight is 198 g/mol. The second-order valence-electron chi connectivity index (χ2n) is 5.62. The normalized spacial score (nSPS) is 16.4. The van der Waals surface area contributed by atoms with Crippen LogP contribution in [0.2, 0.25) is 0 Å². The summed E-state index contributed by atoms with van der Waals surface area (Å²) in [6.07, 6.45) is 3.19. The molecule has 0 aromatic rings. The molecule has 1 heteroatoms. The Kier molecular flexibility index (Phi) is 5.40. The zero-order chi connectivity index (χ0) is 11.4. The van der Waals surface area contributed by atoms with E-state index >= 15 is 0 Å².